The lowest BCUT2D eigenvalue weighted by molar-refractivity contribution is 0.466. The van der Waals surface area contributed by atoms with Gasteiger partial charge in [-0.2, -0.15) is 0 Å². The SMILES string of the molecule is CCc1nc(Cl)nc2c1CCN(I)C2. The quantitative estimate of drug-likeness (QED) is 0.451. The standard InChI is InChI=1S/C9H11ClIN3/c1-2-7-6-3-4-14(11)5-8(6)13-9(10)12-7/h2-5H2,1H3. The summed E-state index contributed by atoms with van der Waals surface area (Å²) in [7, 11) is 0. The largest absolute Gasteiger partial charge is 0.241 e. The van der Waals surface area contributed by atoms with E-state index < -0.39 is 0 Å². The van der Waals surface area contributed by atoms with Gasteiger partial charge in [0.25, 0.3) is 0 Å². The van der Waals surface area contributed by atoms with Crippen molar-refractivity contribution in [3.05, 3.63) is 22.2 Å². The van der Waals surface area contributed by atoms with E-state index in [2.05, 4.69) is 42.9 Å². The summed E-state index contributed by atoms with van der Waals surface area (Å²) in [6, 6.07) is 0. The zero-order valence-electron chi connectivity index (χ0n) is 7.93. The third kappa shape index (κ3) is 2.01. The third-order valence-electron chi connectivity index (χ3n) is 2.41. The van der Waals surface area contributed by atoms with Crippen molar-refractivity contribution in [2.75, 3.05) is 6.54 Å². The molecular weight excluding hydrogens is 312 g/mol. The summed E-state index contributed by atoms with van der Waals surface area (Å²) < 4.78 is 2.23. The van der Waals surface area contributed by atoms with Gasteiger partial charge in [0.1, 0.15) is 0 Å². The molecule has 0 bridgehead atoms. The molecule has 1 aliphatic rings. The van der Waals surface area contributed by atoms with Crippen LogP contribution in [0.3, 0.4) is 0 Å². The number of aryl methyl sites for hydroxylation is 1. The molecule has 1 aromatic rings. The van der Waals surface area contributed by atoms with E-state index in [1.165, 1.54) is 5.56 Å². The van der Waals surface area contributed by atoms with Crippen molar-refractivity contribution in [2.24, 2.45) is 0 Å². The number of fused-ring (bicyclic) bond motifs is 1. The van der Waals surface area contributed by atoms with Gasteiger partial charge in [0.15, 0.2) is 0 Å². The molecule has 0 aromatic carbocycles. The minimum atomic E-state index is 0.382. The molecule has 0 saturated heterocycles. The highest BCUT2D eigenvalue weighted by atomic mass is 127. The molecule has 0 radical (unpaired) electrons. The molecule has 0 saturated carbocycles. The molecule has 0 aliphatic carbocycles. The second kappa shape index (κ2) is 4.28. The van der Waals surface area contributed by atoms with Crippen LogP contribution in [0.15, 0.2) is 0 Å². The summed E-state index contributed by atoms with van der Waals surface area (Å²) in [6.45, 7) is 4.06. The van der Waals surface area contributed by atoms with E-state index in [9.17, 15) is 0 Å². The Kier molecular flexibility index (Phi) is 3.23. The highest BCUT2D eigenvalue weighted by Crippen LogP contribution is 2.23. The molecule has 76 valence electrons. The van der Waals surface area contributed by atoms with E-state index in [1.54, 1.807) is 0 Å². The molecule has 0 amide bonds. The maximum Gasteiger partial charge on any atom is 0.222 e. The molecule has 0 fully saturated rings. The second-order valence-electron chi connectivity index (χ2n) is 3.31. The van der Waals surface area contributed by atoms with Crippen molar-refractivity contribution in [3.63, 3.8) is 0 Å². The Morgan fingerprint density at radius 1 is 1.50 bits per heavy atom. The Morgan fingerprint density at radius 2 is 2.29 bits per heavy atom. The van der Waals surface area contributed by atoms with E-state index in [0.29, 0.717) is 5.28 Å². The van der Waals surface area contributed by atoms with Crippen LogP contribution in [-0.4, -0.2) is 19.6 Å². The first kappa shape index (κ1) is 10.6. The molecule has 5 heteroatoms. The van der Waals surface area contributed by atoms with Crippen molar-refractivity contribution >= 4 is 34.5 Å². The van der Waals surface area contributed by atoms with Gasteiger partial charge in [0.05, 0.1) is 12.2 Å². The van der Waals surface area contributed by atoms with Gasteiger partial charge in [0, 0.05) is 35.1 Å². The molecule has 0 atom stereocenters. The third-order valence-corrected chi connectivity index (χ3v) is 3.40. The van der Waals surface area contributed by atoms with E-state index in [-0.39, 0.29) is 0 Å². The molecule has 0 unspecified atom stereocenters. The highest BCUT2D eigenvalue weighted by Gasteiger charge is 2.19. The smallest absolute Gasteiger partial charge is 0.222 e. The van der Waals surface area contributed by atoms with E-state index in [1.807, 2.05) is 0 Å². The Balaban J connectivity index is 2.46. The van der Waals surface area contributed by atoms with Crippen molar-refractivity contribution in [1.82, 2.24) is 13.1 Å². The Hall–Kier alpha value is 0.0600. The van der Waals surface area contributed by atoms with Crippen LogP contribution in [-0.2, 0) is 19.4 Å². The lowest BCUT2D eigenvalue weighted by Gasteiger charge is -2.23. The van der Waals surface area contributed by atoms with Crippen LogP contribution < -0.4 is 0 Å². The normalized spacial score (nSPS) is 16.8. The van der Waals surface area contributed by atoms with Crippen molar-refractivity contribution < 1.29 is 0 Å². The number of rotatable bonds is 1. The lowest BCUT2D eigenvalue weighted by atomic mass is 10.0. The van der Waals surface area contributed by atoms with Gasteiger partial charge in [-0.25, -0.2) is 13.1 Å². The van der Waals surface area contributed by atoms with Crippen LogP contribution in [0, 0.1) is 0 Å². The zero-order valence-corrected chi connectivity index (χ0v) is 10.8. The topological polar surface area (TPSA) is 29.0 Å². The molecule has 0 N–H and O–H groups in total. The number of hydrogen-bond donors (Lipinski definition) is 0. The van der Waals surface area contributed by atoms with Gasteiger partial charge in [-0.05, 0) is 30.0 Å². The molecule has 14 heavy (non-hydrogen) atoms. The first-order valence-electron chi connectivity index (χ1n) is 4.65. The highest BCUT2D eigenvalue weighted by molar-refractivity contribution is 14.1. The number of hydrogen-bond acceptors (Lipinski definition) is 3. The van der Waals surface area contributed by atoms with E-state index >= 15 is 0 Å². The number of halogens is 2. The average molecular weight is 324 g/mol. The summed E-state index contributed by atoms with van der Waals surface area (Å²) >= 11 is 8.18. The van der Waals surface area contributed by atoms with Gasteiger partial charge >= 0.3 is 0 Å². The molecule has 2 rings (SSSR count). The van der Waals surface area contributed by atoms with Crippen molar-refractivity contribution in [2.45, 2.75) is 26.3 Å². The summed E-state index contributed by atoms with van der Waals surface area (Å²) in [5, 5.41) is 0.382. The molecule has 1 aromatic heterocycles. The second-order valence-corrected chi connectivity index (χ2v) is 5.02. The predicted octanol–water partition coefficient (Wildman–Crippen LogP) is 2.40. The Morgan fingerprint density at radius 3 is 3.00 bits per heavy atom. The summed E-state index contributed by atoms with van der Waals surface area (Å²) in [5.74, 6) is 0. The molecule has 2 heterocycles. The fourth-order valence-corrected chi connectivity index (χ4v) is 2.50. The van der Waals surface area contributed by atoms with E-state index in [0.717, 1.165) is 37.3 Å². The Labute approximate surface area is 102 Å². The molecule has 3 nitrogen and oxygen atoms in total. The molecule has 1 aliphatic heterocycles. The molecular formula is C9H11ClIN3. The summed E-state index contributed by atoms with van der Waals surface area (Å²) in [5.41, 5.74) is 3.52. The maximum absolute atomic E-state index is 5.87. The first-order chi connectivity index (χ1) is 6.70. The van der Waals surface area contributed by atoms with Gasteiger partial charge in [0.2, 0.25) is 5.28 Å². The minimum Gasteiger partial charge on any atom is -0.241 e. The van der Waals surface area contributed by atoms with Gasteiger partial charge in [-0.15, -0.1) is 0 Å². The maximum atomic E-state index is 5.87. The van der Waals surface area contributed by atoms with Gasteiger partial charge < -0.3 is 0 Å². The fraction of sp³-hybridized carbons (Fsp3) is 0.556. The predicted molar refractivity (Wildman–Crippen MR) is 64.6 cm³/mol. The van der Waals surface area contributed by atoms with Crippen molar-refractivity contribution in [3.8, 4) is 0 Å². The lowest BCUT2D eigenvalue weighted by Crippen LogP contribution is -2.24. The number of nitrogens with zero attached hydrogens (tertiary/aromatic N) is 3. The monoisotopic (exact) mass is 323 g/mol. The Bertz CT molecular complexity index is 356. The van der Waals surface area contributed by atoms with E-state index in [4.69, 9.17) is 11.6 Å². The average Bonchev–Trinajstić information content (AvgIpc) is 2.15. The first-order valence-corrected chi connectivity index (χ1v) is 6.00. The zero-order chi connectivity index (χ0) is 10.1. The van der Waals surface area contributed by atoms with Crippen LogP contribution in [0.5, 0.6) is 0 Å². The van der Waals surface area contributed by atoms with Crippen LogP contribution in [0.4, 0.5) is 0 Å². The fourth-order valence-electron chi connectivity index (χ4n) is 1.74. The van der Waals surface area contributed by atoms with Crippen LogP contribution in [0.1, 0.15) is 23.9 Å². The van der Waals surface area contributed by atoms with Crippen LogP contribution >= 0.6 is 34.5 Å². The van der Waals surface area contributed by atoms with Gasteiger partial charge in [-0.3, -0.25) is 0 Å². The van der Waals surface area contributed by atoms with Gasteiger partial charge in [-0.1, -0.05) is 6.92 Å². The summed E-state index contributed by atoms with van der Waals surface area (Å²) in [4.78, 5) is 8.54. The number of aromatic nitrogens is 2. The van der Waals surface area contributed by atoms with Crippen LogP contribution in [0.25, 0.3) is 0 Å². The van der Waals surface area contributed by atoms with Crippen LogP contribution in [0.2, 0.25) is 5.28 Å². The molecule has 0 spiro atoms. The summed E-state index contributed by atoms with van der Waals surface area (Å²) in [6.07, 6.45) is 1.98. The van der Waals surface area contributed by atoms with Crippen molar-refractivity contribution in [1.29, 1.82) is 0 Å². The minimum absolute atomic E-state index is 0.382.